The predicted molar refractivity (Wildman–Crippen MR) is 69.9 cm³/mol. The number of hydrogen-bond donors (Lipinski definition) is 0. The van der Waals surface area contributed by atoms with Crippen molar-refractivity contribution in [2.45, 2.75) is 19.3 Å². The fraction of sp³-hybridized carbons (Fsp3) is 0.571. The molecule has 1 aromatic rings. The van der Waals surface area contributed by atoms with Crippen LogP contribution in [-0.4, -0.2) is 33.4 Å². The van der Waals surface area contributed by atoms with Crippen molar-refractivity contribution in [3.63, 3.8) is 0 Å². The van der Waals surface area contributed by atoms with E-state index in [4.69, 9.17) is 9.47 Å². The Balaban J connectivity index is 1.88. The van der Waals surface area contributed by atoms with Crippen LogP contribution in [0.4, 0.5) is 5.69 Å². The summed E-state index contributed by atoms with van der Waals surface area (Å²) in [6.07, 6.45) is 3.99. The van der Waals surface area contributed by atoms with Crippen LogP contribution in [0.1, 0.15) is 19.3 Å². The van der Waals surface area contributed by atoms with Crippen LogP contribution < -0.4 is 9.64 Å². The monoisotopic (exact) mass is 235 g/mol. The highest BCUT2D eigenvalue weighted by Gasteiger charge is 2.10. The van der Waals surface area contributed by atoms with Crippen LogP contribution in [0, 0.1) is 0 Å². The van der Waals surface area contributed by atoms with Crippen LogP contribution >= 0.6 is 0 Å². The highest BCUT2D eigenvalue weighted by atomic mass is 16.5. The third-order valence-corrected chi connectivity index (χ3v) is 3.11. The van der Waals surface area contributed by atoms with E-state index in [2.05, 4.69) is 17.0 Å². The molecule has 1 fully saturated rings. The summed E-state index contributed by atoms with van der Waals surface area (Å²) in [5, 5.41) is 0. The summed E-state index contributed by atoms with van der Waals surface area (Å²) >= 11 is 0. The SMILES string of the molecule is COCCOc1ccc(N2CCCCC2)cc1. The van der Waals surface area contributed by atoms with E-state index in [1.807, 2.05) is 12.1 Å². The molecule has 3 nitrogen and oxygen atoms in total. The second-order valence-corrected chi connectivity index (χ2v) is 4.38. The van der Waals surface area contributed by atoms with E-state index < -0.39 is 0 Å². The summed E-state index contributed by atoms with van der Waals surface area (Å²) in [6, 6.07) is 8.38. The van der Waals surface area contributed by atoms with E-state index in [0.29, 0.717) is 13.2 Å². The van der Waals surface area contributed by atoms with Gasteiger partial charge in [0, 0.05) is 25.9 Å². The van der Waals surface area contributed by atoms with Crippen LogP contribution in [-0.2, 0) is 4.74 Å². The third kappa shape index (κ3) is 3.63. The van der Waals surface area contributed by atoms with Crippen LogP contribution in [0.3, 0.4) is 0 Å². The Labute approximate surface area is 103 Å². The molecule has 0 unspecified atom stereocenters. The topological polar surface area (TPSA) is 21.7 Å². The fourth-order valence-electron chi connectivity index (χ4n) is 2.15. The lowest BCUT2D eigenvalue weighted by Gasteiger charge is -2.28. The van der Waals surface area contributed by atoms with E-state index >= 15 is 0 Å². The Kier molecular flexibility index (Phi) is 4.68. The Morgan fingerprint density at radius 2 is 1.71 bits per heavy atom. The van der Waals surface area contributed by atoms with E-state index in [1.54, 1.807) is 7.11 Å². The maximum Gasteiger partial charge on any atom is 0.119 e. The van der Waals surface area contributed by atoms with Crippen molar-refractivity contribution in [2.75, 3.05) is 38.3 Å². The van der Waals surface area contributed by atoms with Gasteiger partial charge in [0.2, 0.25) is 0 Å². The molecule has 0 N–H and O–H groups in total. The Bertz CT molecular complexity index is 317. The van der Waals surface area contributed by atoms with Crippen molar-refractivity contribution in [1.82, 2.24) is 0 Å². The standard InChI is InChI=1S/C14H21NO2/c1-16-11-12-17-14-7-5-13(6-8-14)15-9-3-2-4-10-15/h5-8H,2-4,9-12H2,1H3. The van der Waals surface area contributed by atoms with Gasteiger partial charge in [0.1, 0.15) is 12.4 Å². The molecule has 3 heteroatoms. The van der Waals surface area contributed by atoms with Crippen molar-refractivity contribution in [1.29, 1.82) is 0 Å². The molecule has 17 heavy (non-hydrogen) atoms. The minimum Gasteiger partial charge on any atom is -0.491 e. The fourth-order valence-corrected chi connectivity index (χ4v) is 2.15. The number of nitrogens with zero attached hydrogens (tertiary/aromatic N) is 1. The van der Waals surface area contributed by atoms with Gasteiger partial charge in [-0.15, -0.1) is 0 Å². The lowest BCUT2D eigenvalue weighted by atomic mass is 10.1. The van der Waals surface area contributed by atoms with Gasteiger partial charge in [0.15, 0.2) is 0 Å². The Morgan fingerprint density at radius 1 is 1.00 bits per heavy atom. The molecule has 0 spiro atoms. The summed E-state index contributed by atoms with van der Waals surface area (Å²) in [4.78, 5) is 2.45. The minimum atomic E-state index is 0.611. The molecule has 0 amide bonds. The average Bonchev–Trinajstić information content (AvgIpc) is 2.41. The molecule has 94 valence electrons. The van der Waals surface area contributed by atoms with Crippen molar-refractivity contribution in [3.05, 3.63) is 24.3 Å². The Morgan fingerprint density at radius 3 is 2.35 bits per heavy atom. The van der Waals surface area contributed by atoms with Crippen LogP contribution in [0.5, 0.6) is 5.75 Å². The highest BCUT2D eigenvalue weighted by molar-refractivity contribution is 5.49. The molecule has 1 aliphatic rings. The first-order chi connectivity index (χ1) is 8.40. The summed E-state index contributed by atoms with van der Waals surface area (Å²) in [5.41, 5.74) is 1.31. The number of methoxy groups -OCH3 is 1. The zero-order chi connectivity index (χ0) is 11.9. The average molecular weight is 235 g/mol. The van der Waals surface area contributed by atoms with Crippen molar-refractivity contribution >= 4 is 5.69 Å². The number of hydrogen-bond acceptors (Lipinski definition) is 3. The lowest BCUT2D eigenvalue weighted by molar-refractivity contribution is 0.146. The van der Waals surface area contributed by atoms with Gasteiger partial charge in [-0.1, -0.05) is 0 Å². The summed E-state index contributed by atoms with van der Waals surface area (Å²) < 4.78 is 10.5. The molecule has 1 aliphatic heterocycles. The molecule has 1 saturated heterocycles. The van der Waals surface area contributed by atoms with Gasteiger partial charge in [-0.2, -0.15) is 0 Å². The smallest absolute Gasteiger partial charge is 0.119 e. The van der Waals surface area contributed by atoms with E-state index in [0.717, 1.165) is 5.75 Å². The first-order valence-corrected chi connectivity index (χ1v) is 6.37. The predicted octanol–water partition coefficient (Wildman–Crippen LogP) is 2.70. The molecular weight excluding hydrogens is 214 g/mol. The van der Waals surface area contributed by atoms with Crippen molar-refractivity contribution < 1.29 is 9.47 Å². The zero-order valence-electron chi connectivity index (χ0n) is 10.5. The molecular formula is C14H21NO2. The molecule has 0 aliphatic carbocycles. The van der Waals surface area contributed by atoms with Gasteiger partial charge < -0.3 is 14.4 Å². The Hall–Kier alpha value is -1.22. The lowest BCUT2D eigenvalue weighted by Crippen LogP contribution is -2.29. The van der Waals surface area contributed by atoms with Gasteiger partial charge in [-0.05, 0) is 43.5 Å². The molecule has 0 radical (unpaired) electrons. The second-order valence-electron chi connectivity index (χ2n) is 4.38. The van der Waals surface area contributed by atoms with Crippen LogP contribution in [0.25, 0.3) is 0 Å². The molecule has 0 bridgehead atoms. The molecule has 1 heterocycles. The van der Waals surface area contributed by atoms with Crippen LogP contribution in [0.2, 0.25) is 0 Å². The molecule has 0 aromatic heterocycles. The highest BCUT2D eigenvalue weighted by Crippen LogP contribution is 2.22. The summed E-state index contributed by atoms with van der Waals surface area (Å²) in [6.45, 7) is 3.61. The number of anilines is 1. The van der Waals surface area contributed by atoms with Gasteiger partial charge in [0.25, 0.3) is 0 Å². The maximum atomic E-state index is 5.55. The van der Waals surface area contributed by atoms with Crippen molar-refractivity contribution in [2.24, 2.45) is 0 Å². The molecule has 2 rings (SSSR count). The quantitative estimate of drug-likeness (QED) is 0.732. The summed E-state index contributed by atoms with van der Waals surface area (Å²) in [5.74, 6) is 0.919. The number of benzene rings is 1. The van der Waals surface area contributed by atoms with Gasteiger partial charge in [0.05, 0.1) is 6.61 Å². The van der Waals surface area contributed by atoms with Crippen LogP contribution in [0.15, 0.2) is 24.3 Å². The van der Waals surface area contributed by atoms with E-state index in [9.17, 15) is 0 Å². The number of ether oxygens (including phenoxy) is 2. The van der Waals surface area contributed by atoms with E-state index in [1.165, 1.54) is 38.0 Å². The zero-order valence-corrected chi connectivity index (χ0v) is 10.5. The minimum absolute atomic E-state index is 0.611. The second kappa shape index (κ2) is 6.50. The van der Waals surface area contributed by atoms with E-state index in [-0.39, 0.29) is 0 Å². The first-order valence-electron chi connectivity index (χ1n) is 6.37. The third-order valence-electron chi connectivity index (χ3n) is 3.11. The van der Waals surface area contributed by atoms with Crippen molar-refractivity contribution in [3.8, 4) is 5.75 Å². The number of rotatable bonds is 5. The molecule has 0 atom stereocenters. The normalized spacial score (nSPS) is 15.9. The first kappa shape index (κ1) is 12.2. The van der Waals surface area contributed by atoms with Gasteiger partial charge in [-0.3, -0.25) is 0 Å². The van der Waals surface area contributed by atoms with Gasteiger partial charge in [-0.25, -0.2) is 0 Å². The molecule has 0 saturated carbocycles. The largest absolute Gasteiger partial charge is 0.491 e. The molecule has 1 aromatic carbocycles. The summed E-state index contributed by atoms with van der Waals surface area (Å²) in [7, 11) is 1.68. The number of piperidine rings is 1. The van der Waals surface area contributed by atoms with Gasteiger partial charge >= 0.3 is 0 Å². The maximum absolute atomic E-state index is 5.55.